The number of aromatic nitrogens is 4. The number of rotatable bonds is 4. The van der Waals surface area contributed by atoms with Crippen LogP contribution in [0.5, 0.6) is 0 Å². The normalized spacial score (nSPS) is 11.8. The van der Waals surface area contributed by atoms with Gasteiger partial charge in [0.15, 0.2) is 0 Å². The summed E-state index contributed by atoms with van der Waals surface area (Å²) in [5.41, 5.74) is 11.9. The average molecular weight is 613 g/mol. The van der Waals surface area contributed by atoms with Crippen LogP contribution in [-0.2, 0) is 0 Å². The Hall–Kier alpha value is -6.52. The summed E-state index contributed by atoms with van der Waals surface area (Å²) in [7, 11) is 0. The van der Waals surface area contributed by atoms with Crippen LogP contribution in [0.15, 0.2) is 170 Å². The van der Waals surface area contributed by atoms with Gasteiger partial charge in [0, 0.05) is 56.1 Å². The SMILES string of the molecule is c1ccc(-c2cn3cc(-c4cccc(-c5nc6ccccc6c6c5ccc5c6c6ccccc6n5-c5ccccc5)c4)ccc3n2)cc1. The van der Waals surface area contributed by atoms with E-state index in [1.807, 2.05) is 18.2 Å². The molecule has 0 saturated carbocycles. The number of para-hydroxylation sites is 3. The van der Waals surface area contributed by atoms with Crippen molar-refractivity contribution in [1.82, 2.24) is 18.9 Å². The first-order valence-electron chi connectivity index (χ1n) is 16.3. The fourth-order valence-electron chi connectivity index (χ4n) is 7.33. The van der Waals surface area contributed by atoms with Crippen molar-refractivity contribution in [3.05, 3.63) is 170 Å². The minimum absolute atomic E-state index is 0.926. The molecular weight excluding hydrogens is 585 g/mol. The molecule has 48 heavy (non-hydrogen) atoms. The van der Waals surface area contributed by atoms with Crippen molar-refractivity contribution in [3.63, 3.8) is 0 Å². The molecule has 10 aromatic rings. The van der Waals surface area contributed by atoms with Gasteiger partial charge >= 0.3 is 0 Å². The fraction of sp³-hybridized carbons (Fsp3) is 0. The maximum Gasteiger partial charge on any atom is 0.137 e. The monoisotopic (exact) mass is 612 g/mol. The molecule has 6 aromatic carbocycles. The van der Waals surface area contributed by atoms with Gasteiger partial charge in [-0.05, 0) is 59.7 Å². The van der Waals surface area contributed by atoms with Gasteiger partial charge in [-0.15, -0.1) is 0 Å². The first kappa shape index (κ1) is 26.7. The zero-order chi connectivity index (χ0) is 31.6. The molecule has 4 heterocycles. The topological polar surface area (TPSA) is 35.1 Å². The number of hydrogen-bond acceptors (Lipinski definition) is 2. The van der Waals surface area contributed by atoms with E-state index in [1.54, 1.807) is 0 Å². The minimum atomic E-state index is 0.926. The van der Waals surface area contributed by atoms with E-state index in [0.29, 0.717) is 0 Å². The Balaban J connectivity index is 1.19. The Morgan fingerprint density at radius 2 is 1.15 bits per heavy atom. The van der Waals surface area contributed by atoms with Gasteiger partial charge in [0.2, 0.25) is 0 Å². The van der Waals surface area contributed by atoms with Crippen LogP contribution in [0.4, 0.5) is 0 Å². The third-order valence-corrected chi connectivity index (χ3v) is 9.50. The van der Waals surface area contributed by atoms with Crippen LogP contribution < -0.4 is 0 Å². The average Bonchev–Trinajstić information content (AvgIpc) is 3.74. The third kappa shape index (κ3) is 4.10. The lowest BCUT2D eigenvalue weighted by Gasteiger charge is -2.13. The quantitative estimate of drug-likeness (QED) is 0.185. The smallest absolute Gasteiger partial charge is 0.137 e. The standard InChI is InChI=1S/C44H28N4/c1-3-12-29(13-4-1)38-28-47-27-32(22-25-41(47)45-38)30-14-11-15-31(26-30)44-36-23-24-40-43(42(36)34-18-7-9-20-37(34)46-44)35-19-8-10-21-39(35)48(40)33-16-5-2-6-17-33/h1-28H. The van der Waals surface area contributed by atoms with E-state index in [2.05, 4.69) is 161 Å². The first-order chi connectivity index (χ1) is 23.8. The van der Waals surface area contributed by atoms with Gasteiger partial charge in [-0.2, -0.15) is 0 Å². The van der Waals surface area contributed by atoms with Crippen molar-refractivity contribution in [2.45, 2.75) is 0 Å². The Morgan fingerprint density at radius 1 is 0.417 bits per heavy atom. The second-order valence-corrected chi connectivity index (χ2v) is 12.3. The predicted octanol–water partition coefficient (Wildman–Crippen LogP) is 11.1. The molecule has 0 fully saturated rings. The molecule has 0 saturated heterocycles. The van der Waals surface area contributed by atoms with Crippen molar-refractivity contribution in [3.8, 4) is 39.3 Å². The number of imidazole rings is 1. The van der Waals surface area contributed by atoms with Gasteiger partial charge < -0.3 is 8.97 Å². The summed E-state index contributed by atoms with van der Waals surface area (Å²) < 4.78 is 4.50. The van der Waals surface area contributed by atoms with Crippen LogP contribution >= 0.6 is 0 Å². The molecular formula is C44H28N4. The molecule has 0 aliphatic carbocycles. The van der Waals surface area contributed by atoms with Crippen molar-refractivity contribution < 1.29 is 0 Å². The predicted molar refractivity (Wildman–Crippen MR) is 199 cm³/mol. The van der Waals surface area contributed by atoms with E-state index in [4.69, 9.17) is 9.97 Å². The summed E-state index contributed by atoms with van der Waals surface area (Å²) in [6.45, 7) is 0. The Bertz CT molecular complexity index is 2830. The van der Waals surface area contributed by atoms with Crippen molar-refractivity contribution in [1.29, 1.82) is 0 Å². The van der Waals surface area contributed by atoms with E-state index in [1.165, 1.54) is 27.2 Å². The van der Waals surface area contributed by atoms with Crippen LogP contribution in [0.3, 0.4) is 0 Å². The highest BCUT2D eigenvalue weighted by atomic mass is 15.0. The van der Waals surface area contributed by atoms with Gasteiger partial charge in [0.05, 0.1) is 27.9 Å². The molecule has 0 N–H and O–H groups in total. The summed E-state index contributed by atoms with van der Waals surface area (Å²) >= 11 is 0. The minimum Gasteiger partial charge on any atom is -0.309 e. The molecule has 4 nitrogen and oxygen atoms in total. The number of benzene rings is 6. The first-order valence-corrected chi connectivity index (χ1v) is 16.3. The van der Waals surface area contributed by atoms with E-state index in [0.717, 1.165) is 61.3 Å². The van der Waals surface area contributed by atoms with E-state index >= 15 is 0 Å². The van der Waals surface area contributed by atoms with Crippen LogP contribution in [0.2, 0.25) is 0 Å². The molecule has 0 aliphatic rings. The lowest BCUT2D eigenvalue weighted by atomic mass is 9.95. The van der Waals surface area contributed by atoms with Crippen LogP contribution in [0, 0.1) is 0 Å². The van der Waals surface area contributed by atoms with Crippen molar-refractivity contribution >= 4 is 49.1 Å². The van der Waals surface area contributed by atoms with Gasteiger partial charge in [-0.1, -0.05) is 109 Å². The number of hydrogen-bond donors (Lipinski definition) is 0. The van der Waals surface area contributed by atoms with Crippen molar-refractivity contribution in [2.75, 3.05) is 0 Å². The zero-order valence-electron chi connectivity index (χ0n) is 26.0. The van der Waals surface area contributed by atoms with Gasteiger partial charge in [0.25, 0.3) is 0 Å². The van der Waals surface area contributed by atoms with E-state index < -0.39 is 0 Å². The lowest BCUT2D eigenvalue weighted by Crippen LogP contribution is -1.94. The highest BCUT2D eigenvalue weighted by Gasteiger charge is 2.19. The maximum absolute atomic E-state index is 5.33. The molecule has 4 aromatic heterocycles. The molecule has 0 radical (unpaired) electrons. The second kappa shape index (κ2) is 10.5. The third-order valence-electron chi connectivity index (χ3n) is 9.50. The van der Waals surface area contributed by atoms with Gasteiger partial charge in [0.1, 0.15) is 5.65 Å². The lowest BCUT2D eigenvalue weighted by molar-refractivity contribution is 1.18. The number of fused-ring (bicyclic) bond motifs is 8. The second-order valence-electron chi connectivity index (χ2n) is 12.3. The molecule has 224 valence electrons. The Labute approximate surface area is 276 Å². The Morgan fingerprint density at radius 3 is 2.02 bits per heavy atom. The highest BCUT2D eigenvalue weighted by Crippen LogP contribution is 2.42. The van der Waals surface area contributed by atoms with E-state index in [-0.39, 0.29) is 0 Å². The summed E-state index contributed by atoms with van der Waals surface area (Å²) in [6.07, 6.45) is 4.27. The fourth-order valence-corrected chi connectivity index (χ4v) is 7.33. The van der Waals surface area contributed by atoms with Crippen LogP contribution in [0.25, 0.3) is 88.5 Å². The molecule has 0 unspecified atom stereocenters. The molecule has 0 spiro atoms. The summed E-state index contributed by atoms with van der Waals surface area (Å²) in [5, 5.41) is 6.03. The van der Waals surface area contributed by atoms with Crippen molar-refractivity contribution in [2.24, 2.45) is 0 Å². The molecule has 10 rings (SSSR count). The van der Waals surface area contributed by atoms with Crippen LogP contribution in [-0.4, -0.2) is 18.9 Å². The summed E-state index contributed by atoms with van der Waals surface area (Å²) in [5.74, 6) is 0. The zero-order valence-corrected chi connectivity index (χ0v) is 26.0. The highest BCUT2D eigenvalue weighted by molar-refractivity contribution is 6.29. The molecule has 0 amide bonds. The van der Waals surface area contributed by atoms with Gasteiger partial charge in [-0.3, -0.25) is 0 Å². The largest absolute Gasteiger partial charge is 0.309 e. The summed E-state index contributed by atoms with van der Waals surface area (Å²) in [6, 6.07) is 55.8. The maximum atomic E-state index is 5.33. The Kier molecular flexibility index (Phi) is 5.84. The molecule has 0 atom stereocenters. The van der Waals surface area contributed by atoms with E-state index in [9.17, 15) is 0 Å². The molecule has 4 heteroatoms. The van der Waals surface area contributed by atoms with Gasteiger partial charge in [-0.25, -0.2) is 9.97 Å². The summed E-state index contributed by atoms with van der Waals surface area (Å²) in [4.78, 5) is 10.2. The molecule has 0 bridgehead atoms. The number of pyridine rings is 2. The number of nitrogens with zero attached hydrogens (tertiary/aromatic N) is 4. The van der Waals surface area contributed by atoms with Crippen LogP contribution in [0.1, 0.15) is 0 Å². The molecule has 0 aliphatic heterocycles.